The van der Waals surface area contributed by atoms with Gasteiger partial charge < -0.3 is 10.2 Å². The van der Waals surface area contributed by atoms with Gasteiger partial charge in [0.15, 0.2) is 0 Å². The van der Waals surface area contributed by atoms with Gasteiger partial charge in [0, 0.05) is 13.1 Å². The van der Waals surface area contributed by atoms with E-state index in [9.17, 15) is 13.6 Å². The van der Waals surface area contributed by atoms with E-state index in [2.05, 4.69) is 5.32 Å². The first-order valence-corrected chi connectivity index (χ1v) is 5.11. The van der Waals surface area contributed by atoms with Crippen LogP contribution in [0.15, 0.2) is 11.9 Å². The molecule has 1 atom stereocenters. The first kappa shape index (κ1) is 11.9. The van der Waals surface area contributed by atoms with Crippen LogP contribution in [0.1, 0.15) is 19.8 Å². The zero-order chi connectivity index (χ0) is 11.3. The lowest BCUT2D eigenvalue weighted by molar-refractivity contribution is 0.195. The Bertz CT molecular complexity index is 254. The topological polar surface area (TPSA) is 32.3 Å². The Morgan fingerprint density at radius 3 is 3.07 bits per heavy atom. The second-order valence-corrected chi connectivity index (χ2v) is 3.66. The molecular weight excluding hydrogens is 202 g/mol. The highest BCUT2D eigenvalue weighted by Gasteiger charge is 2.17. The van der Waals surface area contributed by atoms with Crippen molar-refractivity contribution in [2.75, 3.05) is 19.6 Å². The third-order valence-corrected chi connectivity index (χ3v) is 2.21. The molecule has 0 aromatic carbocycles. The van der Waals surface area contributed by atoms with Gasteiger partial charge >= 0.3 is 6.03 Å². The highest BCUT2D eigenvalue weighted by atomic mass is 19.1. The summed E-state index contributed by atoms with van der Waals surface area (Å²) in [5.41, 5.74) is 0. The predicted octanol–water partition coefficient (Wildman–Crippen LogP) is 2.00. The van der Waals surface area contributed by atoms with Crippen molar-refractivity contribution in [3.8, 4) is 0 Å². The van der Waals surface area contributed by atoms with Crippen LogP contribution in [0, 0.1) is 0 Å². The molecule has 86 valence electrons. The smallest absolute Gasteiger partial charge is 0.317 e. The van der Waals surface area contributed by atoms with Crippen molar-refractivity contribution in [3.05, 3.63) is 11.9 Å². The molecule has 0 saturated heterocycles. The fraction of sp³-hybridized carbons (Fsp3) is 0.700. The lowest BCUT2D eigenvalue weighted by atomic mass is 10.2. The second-order valence-electron chi connectivity index (χ2n) is 3.66. The van der Waals surface area contributed by atoms with Crippen LogP contribution in [0.2, 0.25) is 0 Å². The molecule has 2 amide bonds. The molecule has 3 nitrogen and oxygen atoms in total. The van der Waals surface area contributed by atoms with Gasteiger partial charge in [-0.05, 0) is 25.8 Å². The Morgan fingerprint density at radius 1 is 1.73 bits per heavy atom. The standard InChI is InChI=1S/C10H16F2N2O/c1-8(11)4-5-13-10(15)14-6-2-3-9(12)7-14/h3,8H,2,4-7H2,1H3,(H,13,15)/t8-/m0/s1. The van der Waals surface area contributed by atoms with Gasteiger partial charge in [-0.2, -0.15) is 0 Å². The number of hydrogen-bond acceptors (Lipinski definition) is 1. The summed E-state index contributed by atoms with van der Waals surface area (Å²) >= 11 is 0. The fourth-order valence-corrected chi connectivity index (χ4v) is 1.37. The summed E-state index contributed by atoms with van der Waals surface area (Å²) in [4.78, 5) is 12.8. The number of amides is 2. The molecule has 1 heterocycles. The minimum Gasteiger partial charge on any atom is -0.338 e. The summed E-state index contributed by atoms with van der Waals surface area (Å²) in [6, 6.07) is -0.320. The van der Waals surface area contributed by atoms with Gasteiger partial charge in [-0.15, -0.1) is 0 Å². The van der Waals surface area contributed by atoms with E-state index in [0.29, 0.717) is 19.5 Å². The number of nitrogens with one attached hydrogen (secondary N) is 1. The molecule has 1 aliphatic heterocycles. The molecule has 0 aliphatic carbocycles. The SMILES string of the molecule is C[C@H](F)CCNC(=O)N1CCC=C(F)C1. The third kappa shape index (κ3) is 4.27. The van der Waals surface area contributed by atoms with Gasteiger partial charge in [-0.1, -0.05) is 0 Å². The molecule has 0 bridgehead atoms. The Kier molecular flexibility index (Phi) is 4.52. The Hall–Kier alpha value is -1.13. The quantitative estimate of drug-likeness (QED) is 0.772. The molecule has 0 radical (unpaired) electrons. The average molecular weight is 218 g/mol. The fourth-order valence-electron chi connectivity index (χ4n) is 1.37. The second kappa shape index (κ2) is 5.68. The molecule has 1 aliphatic rings. The van der Waals surface area contributed by atoms with E-state index in [0.717, 1.165) is 0 Å². The summed E-state index contributed by atoms with van der Waals surface area (Å²) in [5.74, 6) is -0.282. The maximum atomic E-state index is 12.8. The zero-order valence-electron chi connectivity index (χ0n) is 8.80. The summed E-state index contributed by atoms with van der Waals surface area (Å²) < 4.78 is 25.2. The van der Waals surface area contributed by atoms with Crippen LogP contribution < -0.4 is 5.32 Å². The minimum absolute atomic E-state index is 0.0248. The normalized spacial score (nSPS) is 18.3. The summed E-state index contributed by atoms with van der Waals surface area (Å²) in [6.45, 7) is 2.27. The first-order chi connectivity index (χ1) is 7.09. The number of halogens is 2. The molecular formula is C10H16F2N2O. The molecule has 15 heavy (non-hydrogen) atoms. The van der Waals surface area contributed by atoms with Crippen molar-refractivity contribution in [3.63, 3.8) is 0 Å². The Balaban J connectivity index is 2.25. The van der Waals surface area contributed by atoms with Crippen molar-refractivity contribution in [1.82, 2.24) is 10.2 Å². The van der Waals surface area contributed by atoms with Crippen molar-refractivity contribution in [2.45, 2.75) is 25.9 Å². The van der Waals surface area contributed by atoms with Crippen LogP contribution in [-0.2, 0) is 0 Å². The summed E-state index contributed by atoms with van der Waals surface area (Å²) in [6.07, 6.45) is 1.38. The van der Waals surface area contributed by atoms with E-state index in [-0.39, 0.29) is 24.8 Å². The molecule has 0 aromatic heterocycles. The van der Waals surface area contributed by atoms with Gasteiger partial charge in [0.1, 0.15) is 5.83 Å². The number of hydrogen-bond donors (Lipinski definition) is 1. The number of carbonyl (C=O) groups excluding carboxylic acids is 1. The van der Waals surface area contributed by atoms with Crippen molar-refractivity contribution < 1.29 is 13.6 Å². The molecule has 0 unspecified atom stereocenters. The summed E-state index contributed by atoms with van der Waals surface area (Å²) in [7, 11) is 0. The lowest BCUT2D eigenvalue weighted by Crippen LogP contribution is -2.43. The number of carbonyl (C=O) groups is 1. The van der Waals surface area contributed by atoms with E-state index in [1.165, 1.54) is 17.9 Å². The van der Waals surface area contributed by atoms with Crippen LogP contribution >= 0.6 is 0 Å². The van der Waals surface area contributed by atoms with Crippen LogP contribution in [0.4, 0.5) is 13.6 Å². The third-order valence-electron chi connectivity index (χ3n) is 2.21. The maximum Gasteiger partial charge on any atom is 0.317 e. The van der Waals surface area contributed by atoms with E-state index in [1.807, 2.05) is 0 Å². The van der Waals surface area contributed by atoms with Crippen molar-refractivity contribution in [1.29, 1.82) is 0 Å². The molecule has 1 rings (SSSR count). The molecule has 0 aromatic rings. The van der Waals surface area contributed by atoms with Crippen LogP contribution in [-0.4, -0.2) is 36.7 Å². The number of nitrogens with zero attached hydrogens (tertiary/aromatic N) is 1. The number of urea groups is 1. The van der Waals surface area contributed by atoms with E-state index in [4.69, 9.17) is 0 Å². The molecule has 0 saturated carbocycles. The monoisotopic (exact) mass is 218 g/mol. The Labute approximate surface area is 88.1 Å². The zero-order valence-corrected chi connectivity index (χ0v) is 8.80. The predicted molar refractivity (Wildman–Crippen MR) is 54.0 cm³/mol. The van der Waals surface area contributed by atoms with E-state index in [1.54, 1.807) is 0 Å². The number of alkyl halides is 1. The van der Waals surface area contributed by atoms with Crippen LogP contribution in [0.5, 0.6) is 0 Å². The van der Waals surface area contributed by atoms with Crippen molar-refractivity contribution >= 4 is 6.03 Å². The van der Waals surface area contributed by atoms with Gasteiger partial charge in [-0.25, -0.2) is 13.6 Å². The van der Waals surface area contributed by atoms with Crippen LogP contribution in [0.3, 0.4) is 0 Å². The highest BCUT2D eigenvalue weighted by molar-refractivity contribution is 5.74. The largest absolute Gasteiger partial charge is 0.338 e. The molecule has 0 fully saturated rings. The number of rotatable bonds is 3. The molecule has 0 spiro atoms. The Morgan fingerprint density at radius 2 is 2.47 bits per heavy atom. The van der Waals surface area contributed by atoms with E-state index >= 15 is 0 Å². The first-order valence-electron chi connectivity index (χ1n) is 5.11. The van der Waals surface area contributed by atoms with Gasteiger partial charge in [0.05, 0.1) is 12.7 Å². The van der Waals surface area contributed by atoms with Gasteiger partial charge in [0.2, 0.25) is 0 Å². The lowest BCUT2D eigenvalue weighted by Gasteiger charge is -2.24. The average Bonchev–Trinajstić information content (AvgIpc) is 2.17. The maximum absolute atomic E-state index is 12.8. The molecule has 5 heteroatoms. The van der Waals surface area contributed by atoms with Gasteiger partial charge in [-0.3, -0.25) is 0 Å². The van der Waals surface area contributed by atoms with Gasteiger partial charge in [0.25, 0.3) is 0 Å². The van der Waals surface area contributed by atoms with Crippen LogP contribution in [0.25, 0.3) is 0 Å². The molecule has 1 N–H and O–H groups in total. The minimum atomic E-state index is -0.928. The highest BCUT2D eigenvalue weighted by Crippen LogP contribution is 2.10. The van der Waals surface area contributed by atoms with E-state index < -0.39 is 6.17 Å². The van der Waals surface area contributed by atoms with Crippen molar-refractivity contribution in [2.24, 2.45) is 0 Å². The summed E-state index contributed by atoms with van der Waals surface area (Å²) in [5, 5.41) is 2.56.